The van der Waals surface area contributed by atoms with Gasteiger partial charge < -0.3 is 9.64 Å². The van der Waals surface area contributed by atoms with Gasteiger partial charge in [-0.1, -0.05) is 36.4 Å². The van der Waals surface area contributed by atoms with Crippen molar-refractivity contribution in [2.75, 3.05) is 24.6 Å². The average Bonchev–Trinajstić information content (AvgIpc) is 3.14. The van der Waals surface area contributed by atoms with Crippen molar-refractivity contribution < 1.29 is 9.53 Å². The van der Waals surface area contributed by atoms with Crippen molar-refractivity contribution in [1.82, 2.24) is 4.98 Å². The van der Waals surface area contributed by atoms with Crippen LogP contribution in [0.5, 0.6) is 0 Å². The van der Waals surface area contributed by atoms with Gasteiger partial charge in [-0.15, -0.1) is 0 Å². The van der Waals surface area contributed by atoms with Gasteiger partial charge in [0.1, 0.15) is 18.0 Å². The van der Waals surface area contributed by atoms with Crippen LogP contribution in [0.25, 0.3) is 6.08 Å². The molecule has 3 rings (SSSR count). The van der Waals surface area contributed by atoms with Crippen LogP contribution >= 0.6 is 0 Å². The number of esters is 1. The molecule has 0 N–H and O–H groups in total. The number of ether oxygens (including phenoxy) is 1. The zero-order chi connectivity index (χ0) is 15.9. The van der Waals surface area contributed by atoms with Crippen LogP contribution in [0.3, 0.4) is 0 Å². The van der Waals surface area contributed by atoms with Gasteiger partial charge in [-0.05, 0) is 36.6 Å². The van der Waals surface area contributed by atoms with Crippen LogP contribution < -0.4 is 4.90 Å². The van der Waals surface area contributed by atoms with E-state index in [4.69, 9.17) is 4.74 Å². The summed E-state index contributed by atoms with van der Waals surface area (Å²) in [7, 11) is 0. The first-order valence-corrected chi connectivity index (χ1v) is 7.93. The van der Waals surface area contributed by atoms with E-state index in [1.165, 1.54) is 0 Å². The Hall–Kier alpha value is -2.62. The van der Waals surface area contributed by atoms with E-state index in [0.717, 1.165) is 37.3 Å². The van der Waals surface area contributed by atoms with Crippen LogP contribution in [0.1, 0.15) is 28.8 Å². The minimum absolute atomic E-state index is 0.252. The number of pyridine rings is 1. The number of benzene rings is 1. The summed E-state index contributed by atoms with van der Waals surface area (Å²) in [5, 5.41) is 0. The van der Waals surface area contributed by atoms with Gasteiger partial charge in [0.25, 0.3) is 0 Å². The molecule has 4 nitrogen and oxygen atoms in total. The molecule has 4 heteroatoms. The van der Waals surface area contributed by atoms with Gasteiger partial charge in [-0.25, -0.2) is 9.78 Å². The maximum absolute atomic E-state index is 12.3. The molecule has 0 radical (unpaired) electrons. The monoisotopic (exact) mass is 308 g/mol. The molecule has 2 aromatic rings. The molecular weight excluding hydrogens is 288 g/mol. The highest BCUT2D eigenvalue weighted by Gasteiger charge is 2.21. The standard InChI is InChI=1S/C19H20N2O2/c22-19(23-15-7-10-16-8-2-1-3-9-16)17-11-6-12-20-18(17)21-13-4-5-14-21/h1-3,6-12H,4-5,13-15H2/b10-7+. The van der Waals surface area contributed by atoms with Crippen molar-refractivity contribution in [3.8, 4) is 0 Å². The predicted octanol–water partition coefficient (Wildman–Crippen LogP) is 3.55. The summed E-state index contributed by atoms with van der Waals surface area (Å²) in [6, 6.07) is 13.5. The maximum Gasteiger partial charge on any atom is 0.342 e. The van der Waals surface area contributed by atoms with E-state index in [1.807, 2.05) is 42.5 Å². The zero-order valence-corrected chi connectivity index (χ0v) is 13.0. The first kappa shape index (κ1) is 15.3. The van der Waals surface area contributed by atoms with Gasteiger partial charge in [0.15, 0.2) is 0 Å². The summed E-state index contributed by atoms with van der Waals surface area (Å²) in [4.78, 5) is 18.8. The number of carbonyl (C=O) groups is 1. The van der Waals surface area contributed by atoms with Crippen LogP contribution in [0.2, 0.25) is 0 Å². The molecule has 2 heterocycles. The molecule has 0 spiro atoms. The highest BCUT2D eigenvalue weighted by atomic mass is 16.5. The normalized spacial score (nSPS) is 14.3. The Labute approximate surface area is 136 Å². The van der Waals surface area contributed by atoms with E-state index in [-0.39, 0.29) is 12.6 Å². The number of hydrogen-bond donors (Lipinski definition) is 0. The van der Waals surface area contributed by atoms with E-state index < -0.39 is 0 Å². The minimum atomic E-state index is -0.322. The molecule has 1 aromatic heterocycles. The summed E-state index contributed by atoms with van der Waals surface area (Å²) < 4.78 is 5.36. The van der Waals surface area contributed by atoms with Crippen LogP contribution in [0, 0.1) is 0 Å². The Balaban J connectivity index is 1.61. The second-order valence-electron chi connectivity index (χ2n) is 5.48. The lowest BCUT2D eigenvalue weighted by Crippen LogP contribution is -2.22. The summed E-state index contributed by atoms with van der Waals surface area (Å²) in [6.45, 7) is 2.15. The van der Waals surface area contributed by atoms with Crippen molar-refractivity contribution in [3.63, 3.8) is 0 Å². The number of aromatic nitrogens is 1. The Bertz CT molecular complexity index is 677. The first-order valence-electron chi connectivity index (χ1n) is 7.93. The number of anilines is 1. The second kappa shape index (κ2) is 7.58. The molecule has 0 saturated carbocycles. The third-order valence-electron chi connectivity index (χ3n) is 3.83. The lowest BCUT2D eigenvalue weighted by atomic mass is 10.2. The molecule has 0 bridgehead atoms. The lowest BCUT2D eigenvalue weighted by Gasteiger charge is -2.18. The summed E-state index contributed by atoms with van der Waals surface area (Å²) in [6.07, 6.45) is 7.80. The average molecular weight is 308 g/mol. The van der Waals surface area contributed by atoms with Crippen molar-refractivity contribution in [2.45, 2.75) is 12.8 Å². The molecule has 0 atom stereocenters. The van der Waals surface area contributed by atoms with Crippen LogP contribution in [-0.4, -0.2) is 30.6 Å². The third-order valence-corrected chi connectivity index (χ3v) is 3.83. The predicted molar refractivity (Wildman–Crippen MR) is 91.4 cm³/mol. The number of nitrogens with zero attached hydrogens (tertiary/aromatic N) is 2. The van der Waals surface area contributed by atoms with Crippen molar-refractivity contribution in [1.29, 1.82) is 0 Å². The van der Waals surface area contributed by atoms with Gasteiger partial charge in [0.05, 0.1) is 0 Å². The van der Waals surface area contributed by atoms with E-state index in [9.17, 15) is 4.79 Å². The van der Waals surface area contributed by atoms with Crippen LogP contribution in [0.4, 0.5) is 5.82 Å². The van der Waals surface area contributed by atoms with Gasteiger partial charge in [-0.3, -0.25) is 0 Å². The Morgan fingerprint density at radius 1 is 1.13 bits per heavy atom. The first-order chi connectivity index (χ1) is 11.3. The number of hydrogen-bond acceptors (Lipinski definition) is 4. The van der Waals surface area contributed by atoms with Crippen molar-refractivity contribution >= 4 is 17.9 Å². The van der Waals surface area contributed by atoms with Gasteiger partial charge in [0.2, 0.25) is 0 Å². The molecule has 0 unspecified atom stereocenters. The van der Waals surface area contributed by atoms with E-state index in [0.29, 0.717) is 5.56 Å². The van der Waals surface area contributed by atoms with Gasteiger partial charge in [0, 0.05) is 19.3 Å². The number of carbonyl (C=O) groups excluding carboxylic acids is 1. The SMILES string of the molecule is O=C(OC/C=C/c1ccccc1)c1cccnc1N1CCCC1. The molecule has 1 aliphatic rings. The summed E-state index contributed by atoms with van der Waals surface area (Å²) in [5.74, 6) is 0.416. The lowest BCUT2D eigenvalue weighted by molar-refractivity contribution is 0.0550. The Morgan fingerprint density at radius 3 is 2.70 bits per heavy atom. The van der Waals surface area contributed by atoms with Crippen molar-refractivity contribution in [3.05, 3.63) is 65.9 Å². The highest BCUT2D eigenvalue weighted by molar-refractivity contribution is 5.94. The Kier molecular flexibility index (Phi) is 5.04. The molecule has 0 aliphatic carbocycles. The van der Waals surface area contributed by atoms with E-state index >= 15 is 0 Å². The van der Waals surface area contributed by atoms with Gasteiger partial charge in [-0.2, -0.15) is 0 Å². The Morgan fingerprint density at radius 2 is 1.91 bits per heavy atom. The summed E-state index contributed by atoms with van der Waals surface area (Å²) in [5.41, 5.74) is 1.63. The molecule has 118 valence electrons. The van der Waals surface area contributed by atoms with Crippen molar-refractivity contribution in [2.24, 2.45) is 0 Å². The quantitative estimate of drug-likeness (QED) is 0.792. The molecular formula is C19H20N2O2. The fourth-order valence-corrected chi connectivity index (χ4v) is 2.69. The van der Waals surface area contributed by atoms with Gasteiger partial charge >= 0.3 is 5.97 Å². The largest absolute Gasteiger partial charge is 0.458 e. The fourth-order valence-electron chi connectivity index (χ4n) is 2.69. The van der Waals surface area contributed by atoms with Crippen LogP contribution in [-0.2, 0) is 4.74 Å². The smallest absolute Gasteiger partial charge is 0.342 e. The molecule has 0 amide bonds. The van der Waals surface area contributed by atoms with E-state index in [2.05, 4.69) is 9.88 Å². The van der Waals surface area contributed by atoms with E-state index in [1.54, 1.807) is 18.3 Å². The minimum Gasteiger partial charge on any atom is -0.458 e. The summed E-state index contributed by atoms with van der Waals surface area (Å²) >= 11 is 0. The number of rotatable bonds is 5. The topological polar surface area (TPSA) is 42.4 Å². The molecule has 1 fully saturated rings. The highest BCUT2D eigenvalue weighted by Crippen LogP contribution is 2.22. The second-order valence-corrected chi connectivity index (χ2v) is 5.48. The molecule has 1 saturated heterocycles. The third kappa shape index (κ3) is 3.97. The molecule has 23 heavy (non-hydrogen) atoms. The molecule has 1 aromatic carbocycles. The molecule has 1 aliphatic heterocycles. The zero-order valence-electron chi connectivity index (χ0n) is 13.0. The fraction of sp³-hybridized carbons (Fsp3) is 0.263. The maximum atomic E-state index is 12.3. The van der Waals surface area contributed by atoms with Crippen LogP contribution in [0.15, 0.2) is 54.7 Å².